The molecule has 0 bridgehead atoms. The van der Waals surface area contributed by atoms with E-state index >= 15 is 0 Å². The van der Waals surface area contributed by atoms with Gasteiger partial charge in [0, 0.05) is 40.5 Å². The van der Waals surface area contributed by atoms with E-state index in [1.807, 2.05) is 0 Å². The van der Waals surface area contributed by atoms with E-state index in [0.717, 1.165) is 4.90 Å². The molecule has 0 aliphatic rings. The summed E-state index contributed by atoms with van der Waals surface area (Å²) in [4.78, 5) is 61.9. The summed E-state index contributed by atoms with van der Waals surface area (Å²) in [5, 5.41) is 21.9. The van der Waals surface area contributed by atoms with Gasteiger partial charge >= 0.3 is 0 Å². The molecule has 0 spiro atoms. The number of nitro benzene ring substituents is 1. The number of anilines is 3. The second-order valence-corrected chi connectivity index (χ2v) is 11.1. The van der Waals surface area contributed by atoms with E-state index in [9.17, 15) is 29.3 Å². The molecule has 0 radical (unpaired) electrons. The summed E-state index contributed by atoms with van der Waals surface area (Å²) < 4.78 is 0. The number of hydrogen-bond donors (Lipinski definition) is 4. The Morgan fingerprint density at radius 3 is 1.93 bits per heavy atom. The predicted octanol–water partition coefficient (Wildman–Crippen LogP) is 6.08. The first-order valence-electron chi connectivity index (χ1n) is 13.7. The van der Waals surface area contributed by atoms with E-state index in [-0.39, 0.29) is 28.8 Å². The van der Waals surface area contributed by atoms with Crippen LogP contribution in [0.5, 0.6) is 0 Å². The van der Waals surface area contributed by atoms with Crippen LogP contribution < -0.4 is 21.3 Å². The molecular formula is C33H29N5O6S. The van der Waals surface area contributed by atoms with Gasteiger partial charge in [0.25, 0.3) is 17.5 Å². The maximum absolute atomic E-state index is 13.3. The molecule has 4 rings (SSSR count). The lowest BCUT2D eigenvalue weighted by Crippen LogP contribution is -2.30. The highest BCUT2D eigenvalue weighted by atomic mass is 32.2. The molecule has 0 fully saturated rings. The van der Waals surface area contributed by atoms with E-state index in [1.54, 1.807) is 91.9 Å². The smallest absolute Gasteiger partial charge is 0.276 e. The number of thioether (sulfide) groups is 1. The normalized spacial score (nSPS) is 11.6. The van der Waals surface area contributed by atoms with Crippen LogP contribution in [-0.2, 0) is 14.4 Å². The van der Waals surface area contributed by atoms with Crippen LogP contribution in [-0.4, -0.2) is 33.8 Å². The number of carbonyl (C=O) groups is 4. The third-order valence-corrected chi connectivity index (χ3v) is 7.34. The van der Waals surface area contributed by atoms with Gasteiger partial charge in [-0.25, -0.2) is 0 Å². The van der Waals surface area contributed by atoms with Crippen LogP contribution in [0.25, 0.3) is 6.08 Å². The van der Waals surface area contributed by atoms with Gasteiger partial charge in [-0.15, -0.1) is 11.8 Å². The molecule has 4 amide bonds. The fourth-order valence-electron chi connectivity index (χ4n) is 4.03. The Kier molecular flexibility index (Phi) is 10.8. The van der Waals surface area contributed by atoms with Crippen LogP contribution >= 0.6 is 11.8 Å². The number of amides is 4. The van der Waals surface area contributed by atoms with Crippen LogP contribution in [0.3, 0.4) is 0 Å². The average molecular weight is 624 g/mol. The largest absolute Gasteiger partial charge is 0.326 e. The van der Waals surface area contributed by atoms with E-state index in [1.165, 1.54) is 43.0 Å². The van der Waals surface area contributed by atoms with Crippen molar-refractivity contribution in [3.8, 4) is 0 Å². The molecule has 0 saturated carbocycles. The highest BCUT2D eigenvalue weighted by Gasteiger charge is 2.19. The standard InChI is InChI=1S/C33H29N5O6S/c1-21(31(40)35-26-14-12-25(13-15-26)34-22(2)39)45-28-18-16-27(17-19-28)36-33(42)29(37-32(41)23-8-4-3-5-9-23)20-24-10-6-7-11-30(24)38(43)44/h3-21H,1-2H3,(H,34,39)(H,35,40)(H,36,42)(H,37,41)/b29-20-. The van der Waals surface area contributed by atoms with Crippen LogP contribution in [0.15, 0.2) is 114 Å². The highest BCUT2D eigenvalue weighted by Crippen LogP contribution is 2.26. The molecule has 0 aromatic heterocycles. The molecule has 1 atom stereocenters. The number of carbonyl (C=O) groups excluding carboxylic acids is 4. The van der Waals surface area contributed by atoms with Gasteiger partial charge < -0.3 is 21.3 Å². The fourth-order valence-corrected chi connectivity index (χ4v) is 4.90. The topological polar surface area (TPSA) is 160 Å². The average Bonchev–Trinajstić information content (AvgIpc) is 3.02. The lowest BCUT2D eigenvalue weighted by atomic mass is 10.1. The van der Waals surface area contributed by atoms with Crippen molar-refractivity contribution in [3.63, 3.8) is 0 Å². The van der Waals surface area contributed by atoms with Crippen molar-refractivity contribution in [1.29, 1.82) is 0 Å². The Balaban J connectivity index is 1.43. The van der Waals surface area contributed by atoms with Gasteiger partial charge in [-0.2, -0.15) is 0 Å². The Morgan fingerprint density at radius 2 is 1.31 bits per heavy atom. The third kappa shape index (κ3) is 9.37. The Labute approximate surface area is 263 Å². The van der Waals surface area contributed by atoms with E-state index in [4.69, 9.17) is 0 Å². The maximum Gasteiger partial charge on any atom is 0.276 e. The monoisotopic (exact) mass is 623 g/mol. The maximum atomic E-state index is 13.3. The minimum atomic E-state index is -0.685. The lowest BCUT2D eigenvalue weighted by Gasteiger charge is -2.14. The van der Waals surface area contributed by atoms with Gasteiger partial charge in [0.1, 0.15) is 5.70 Å². The molecule has 45 heavy (non-hydrogen) atoms. The minimum absolute atomic E-state index is 0.142. The number of nitro groups is 1. The van der Waals surface area contributed by atoms with Crippen molar-refractivity contribution in [2.24, 2.45) is 0 Å². The first kappa shape index (κ1) is 32.2. The lowest BCUT2D eigenvalue weighted by molar-refractivity contribution is -0.385. The number of benzene rings is 4. The van der Waals surface area contributed by atoms with Crippen LogP contribution in [0.4, 0.5) is 22.7 Å². The first-order chi connectivity index (χ1) is 21.6. The summed E-state index contributed by atoms with van der Waals surface area (Å²) >= 11 is 1.31. The van der Waals surface area contributed by atoms with Crippen molar-refractivity contribution in [2.45, 2.75) is 24.0 Å². The van der Waals surface area contributed by atoms with Crippen LogP contribution in [0, 0.1) is 10.1 Å². The van der Waals surface area contributed by atoms with Gasteiger partial charge in [0.2, 0.25) is 11.8 Å². The first-order valence-corrected chi connectivity index (χ1v) is 14.5. The Bertz CT molecular complexity index is 1740. The molecule has 4 aromatic carbocycles. The van der Waals surface area contributed by atoms with Crippen molar-refractivity contribution in [1.82, 2.24) is 5.32 Å². The Hall–Kier alpha value is -5.75. The molecule has 12 heteroatoms. The SMILES string of the molecule is CC(=O)Nc1ccc(NC(=O)C(C)Sc2ccc(NC(=O)/C(=C/c3ccccc3[N+](=O)[O-])NC(=O)c3ccccc3)cc2)cc1. The van der Waals surface area contributed by atoms with Crippen molar-refractivity contribution in [3.05, 3.63) is 130 Å². The molecular weight excluding hydrogens is 594 g/mol. The van der Waals surface area contributed by atoms with Crippen LogP contribution in [0.2, 0.25) is 0 Å². The molecule has 0 aliphatic heterocycles. The fraction of sp³-hybridized carbons (Fsp3) is 0.0909. The van der Waals surface area contributed by atoms with Crippen molar-refractivity contribution < 1.29 is 24.1 Å². The molecule has 228 valence electrons. The summed E-state index contributed by atoms with van der Waals surface area (Å²) in [6.45, 7) is 3.17. The number of nitrogens with one attached hydrogen (secondary N) is 4. The van der Waals surface area contributed by atoms with Crippen molar-refractivity contribution >= 4 is 64.2 Å². The Morgan fingerprint density at radius 1 is 0.756 bits per heavy atom. The molecule has 0 saturated heterocycles. The van der Waals surface area contributed by atoms with E-state index in [0.29, 0.717) is 22.6 Å². The van der Waals surface area contributed by atoms with E-state index < -0.39 is 22.0 Å². The van der Waals surface area contributed by atoms with Gasteiger partial charge in [0.15, 0.2) is 0 Å². The van der Waals surface area contributed by atoms with Gasteiger partial charge in [-0.3, -0.25) is 29.3 Å². The number of rotatable bonds is 11. The zero-order chi connectivity index (χ0) is 32.3. The highest BCUT2D eigenvalue weighted by molar-refractivity contribution is 8.00. The third-order valence-electron chi connectivity index (χ3n) is 6.23. The summed E-state index contributed by atoms with van der Waals surface area (Å²) in [5.41, 5.74) is 1.65. The van der Waals surface area contributed by atoms with Gasteiger partial charge in [-0.1, -0.05) is 30.3 Å². The van der Waals surface area contributed by atoms with Gasteiger partial charge in [0.05, 0.1) is 15.7 Å². The summed E-state index contributed by atoms with van der Waals surface area (Å²) in [6, 6.07) is 27.7. The van der Waals surface area contributed by atoms with Crippen molar-refractivity contribution in [2.75, 3.05) is 16.0 Å². The summed E-state index contributed by atoms with van der Waals surface area (Å²) in [6.07, 6.45) is 1.26. The van der Waals surface area contributed by atoms with E-state index in [2.05, 4.69) is 21.3 Å². The van der Waals surface area contributed by atoms with Crippen LogP contribution in [0.1, 0.15) is 29.8 Å². The predicted molar refractivity (Wildman–Crippen MR) is 175 cm³/mol. The molecule has 0 aliphatic carbocycles. The number of nitrogens with zero attached hydrogens (tertiary/aromatic N) is 1. The minimum Gasteiger partial charge on any atom is -0.326 e. The molecule has 4 N–H and O–H groups in total. The summed E-state index contributed by atoms with van der Waals surface area (Å²) in [7, 11) is 0. The van der Waals surface area contributed by atoms with Gasteiger partial charge in [-0.05, 0) is 79.7 Å². The molecule has 4 aromatic rings. The zero-order valence-electron chi connectivity index (χ0n) is 24.3. The molecule has 0 heterocycles. The number of para-hydroxylation sites is 1. The second-order valence-electron chi connectivity index (χ2n) is 9.68. The molecule has 11 nitrogen and oxygen atoms in total. The quantitative estimate of drug-likeness (QED) is 0.0682. The number of hydrogen-bond acceptors (Lipinski definition) is 7. The zero-order valence-corrected chi connectivity index (χ0v) is 25.1. The second kappa shape index (κ2) is 15.1. The molecule has 1 unspecified atom stereocenters. The summed E-state index contributed by atoms with van der Waals surface area (Å²) in [5.74, 6) is -1.65.